The predicted molar refractivity (Wildman–Crippen MR) is 149 cm³/mol. The van der Waals surface area contributed by atoms with Crippen molar-refractivity contribution in [2.45, 2.75) is 13.0 Å². The van der Waals surface area contributed by atoms with Crippen LogP contribution in [0.5, 0.6) is 5.75 Å². The van der Waals surface area contributed by atoms with Gasteiger partial charge in [0.05, 0.1) is 28.3 Å². The Morgan fingerprint density at radius 2 is 1.88 bits per heavy atom. The number of aromatic nitrogens is 1. The first-order valence-electron chi connectivity index (χ1n) is 12.6. The van der Waals surface area contributed by atoms with Crippen LogP contribution in [0.15, 0.2) is 47.2 Å². The number of fused-ring (bicyclic) bond motifs is 1. The molecule has 210 valence electrons. The molecule has 1 amide bonds. The summed E-state index contributed by atoms with van der Waals surface area (Å²) in [4.78, 5) is 21.4. The Morgan fingerprint density at radius 1 is 1.18 bits per heavy atom. The summed E-state index contributed by atoms with van der Waals surface area (Å²) in [6.07, 6.45) is 2.02. The largest absolute Gasteiger partial charge is 0.478 e. The first-order chi connectivity index (χ1) is 19.2. The molecule has 0 spiro atoms. The highest BCUT2D eigenvalue weighted by molar-refractivity contribution is 6.36. The van der Waals surface area contributed by atoms with Crippen molar-refractivity contribution in [1.82, 2.24) is 14.8 Å². The van der Waals surface area contributed by atoms with E-state index < -0.39 is 17.7 Å². The Balaban J connectivity index is 1.43. The Morgan fingerprint density at radius 3 is 2.55 bits per heavy atom. The molecule has 1 saturated heterocycles. The number of carbonyl (C=O) groups is 1. The van der Waals surface area contributed by atoms with Crippen LogP contribution in [0.1, 0.15) is 28.9 Å². The van der Waals surface area contributed by atoms with Gasteiger partial charge in [-0.1, -0.05) is 35.3 Å². The average molecular weight is 591 g/mol. The average Bonchev–Trinajstić information content (AvgIpc) is 3.38. The molecule has 2 aromatic carbocycles. The number of nitrogen functional groups attached to an aromatic ring is 1. The molecule has 8 nitrogen and oxygen atoms in total. The number of anilines is 1. The Hall–Kier alpha value is -3.44. The number of piperazine rings is 1. The maximum atomic E-state index is 14.1. The number of ether oxygens (including phenoxy) is 1. The number of pyridine rings is 1. The number of carbonyl (C=O) groups excluding carboxylic acids is 1. The van der Waals surface area contributed by atoms with Crippen molar-refractivity contribution in [1.29, 1.82) is 0 Å². The maximum absolute atomic E-state index is 14.1. The molecular weight excluding hydrogens is 565 g/mol. The minimum atomic E-state index is -1.01. The van der Waals surface area contributed by atoms with E-state index in [9.17, 15) is 13.6 Å². The molecule has 1 fully saturated rings. The molecule has 0 radical (unpaired) electrons. The van der Waals surface area contributed by atoms with Crippen LogP contribution in [0.4, 0.5) is 14.6 Å². The van der Waals surface area contributed by atoms with Crippen LogP contribution in [0.2, 0.25) is 10.0 Å². The summed E-state index contributed by atoms with van der Waals surface area (Å²) >= 11 is 12.1. The number of hydrogen-bond acceptors (Lipinski definition) is 7. The van der Waals surface area contributed by atoms with E-state index in [1.165, 1.54) is 19.4 Å². The van der Waals surface area contributed by atoms with Gasteiger partial charge in [0.2, 0.25) is 5.75 Å². The molecule has 4 aromatic rings. The molecule has 3 N–H and O–H groups in total. The van der Waals surface area contributed by atoms with Crippen LogP contribution in [0.25, 0.3) is 22.1 Å². The fourth-order valence-corrected chi connectivity index (χ4v) is 5.47. The highest BCUT2D eigenvalue weighted by atomic mass is 35.5. The lowest BCUT2D eigenvalue weighted by Gasteiger charge is -2.34. The minimum absolute atomic E-state index is 0.00589. The lowest BCUT2D eigenvalue weighted by Crippen LogP contribution is -2.49. The number of benzene rings is 2. The number of hydrogen-bond donors (Lipinski definition) is 2. The quantitative estimate of drug-likeness (QED) is 0.272. The van der Waals surface area contributed by atoms with Gasteiger partial charge in [-0.25, -0.2) is 13.8 Å². The van der Waals surface area contributed by atoms with Crippen LogP contribution in [0, 0.1) is 11.6 Å². The second-order valence-corrected chi connectivity index (χ2v) is 10.2. The molecule has 0 saturated carbocycles. The van der Waals surface area contributed by atoms with Crippen LogP contribution in [0.3, 0.4) is 0 Å². The van der Waals surface area contributed by atoms with Gasteiger partial charge >= 0.3 is 0 Å². The van der Waals surface area contributed by atoms with Crippen molar-refractivity contribution in [3.05, 3.63) is 75.6 Å². The SMILES string of the molecule is CC(Oc1c(N)ncc2c(-c3cccc(C(=O)N4CCN(CCO)CC4)c3)coc12)c1c(Cl)c(F)cc(F)c1Cl. The lowest BCUT2D eigenvalue weighted by molar-refractivity contribution is 0.0615. The summed E-state index contributed by atoms with van der Waals surface area (Å²) in [7, 11) is 0. The van der Waals surface area contributed by atoms with E-state index in [1.807, 2.05) is 6.07 Å². The van der Waals surface area contributed by atoms with E-state index in [2.05, 4.69) is 9.88 Å². The van der Waals surface area contributed by atoms with E-state index in [4.69, 9.17) is 43.2 Å². The summed E-state index contributed by atoms with van der Waals surface area (Å²) < 4.78 is 40.0. The van der Waals surface area contributed by atoms with Gasteiger partial charge in [0, 0.05) is 61.7 Å². The number of aliphatic hydroxyl groups is 1. The smallest absolute Gasteiger partial charge is 0.253 e. The van der Waals surface area contributed by atoms with Crippen molar-refractivity contribution in [3.63, 3.8) is 0 Å². The molecule has 0 aliphatic carbocycles. The molecule has 1 aliphatic rings. The molecule has 0 bridgehead atoms. The zero-order chi connectivity index (χ0) is 28.6. The van der Waals surface area contributed by atoms with Gasteiger partial charge in [0.25, 0.3) is 5.91 Å². The van der Waals surface area contributed by atoms with Gasteiger partial charge in [-0.05, 0) is 24.6 Å². The zero-order valence-corrected chi connectivity index (χ0v) is 23.0. The molecule has 2 aromatic heterocycles. The first kappa shape index (κ1) is 28.1. The van der Waals surface area contributed by atoms with Gasteiger partial charge in [-0.3, -0.25) is 9.69 Å². The van der Waals surface area contributed by atoms with Crippen LogP contribution < -0.4 is 10.5 Å². The highest BCUT2D eigenvalue weighted by Crippen LogP contribution is 2.42. The number of nitrogens with zero attached hydrogens (tertiary/aromatic N) is 3. The third-order valence-electron chi connectivity index (χ3n) is 6.94. The monoisotopic (exact) mass is 590 g/mol. The van der Waals surface area contributed by atoms with Crippen molar-refractivity contribution in [2.75, 3.05) is 45.1 Å². The van der Waals surface area contributed by atoms with Crippen LogP contribution in [-0.4, -0.2) is 65.1 Å². The number of halogens is 4. The summed E-state index contributed by atoms with van der Waals surface area (Å²) in [5.41, 5.74) is 8.16. The Labute approximate surface area is 238 Å². The molecular formula is C28H26Cl2F2N4O4. The van der Waals surface area contributed by atoms with Gasteiger partial charge in [0.1, 0.15) is 17.7 Å². The van der Waals surface area contributed by atoms with Crippen molar-refractivity contribution < 1.29 is 27.8 Å². The number of furan rings is 1. The maximum Gasteiger partial charge on any atom is 0.253 e. The molecule has 40 heavy (non-hydrogen) atoms. The molecule has 1 atom stereocenters. The van der Waals surface area contributed by atoms with Gasteiger partial charge in [-0.15, -0.1) is 0 Å². The third kappa shape index (κ3) is 5.32. The van der Waals surface area contributed by atoms with E-state index in [1.54, 1.807) is 23.1 Å². The Bertz CT molecular complexity index is 1550. The zero-order valence-electron chi connectivity index (χ0n) is 21.5. The summed E-state index contributed by atoms with van der Waals surface area (Å²) in [5.74, 6) is -1.98. The lowest BCUT2D eigenvalue weighted by atomic mass is 10.0. The summed E-state index contributed by atoms with van der Waals surface area (Å²) in [5, 5.41) is 8.97. The number of aliphatic hydroxyl groups excluding tert-OH is 1. The van der Waals surface area contributed by atoms with E-state index >= 15 is 0 Å². The van der Waals surface area contributed by atoms with Crippen molar-refractivity contribution >= 4 is 45.9 Å². The molecule has 3 heterocycles. The third-order valence-corrected chi connectivity index (χ3v) is 7.71. The van der Waals surface area contributed by atoms with E-state index in [0.29, 0.717) is 60.9 Å². The fraction of sp³-hybridized carbons (Fsp3) is 0.286. The number of β-amino-alcohol motifs (C(OH)–C–C–N with tert-alkyl or cyclic N) is 1. The Kier molecular flexibility index (Phi) is 8.14. The van der Waals surface area contributed by atoms with E-state index in [0.717, 1.165) is 0 Å². The molecule has 5 rings (SSSR count). The standard InChI is InChI=1S/C28H26Cl2F2N4O4/c1-15(22-23(29)20(31)12-21(32)24(22)30)40-26-25-18(13-34-27(26)33)19(14-39-25)16-3-2-4-17(11-16)28(38)36-7-5-35(6-8-36)9-10-37/h2-4,11-15,37H,5-10H2,1H3,(H2,33,34). The van der Waals surface area contributed by atoms with Crippen LogP contribution >= 0.6 is 23.2 Å². The minimum Gasteiger partial charge on any atom is -0.478 e. The van der Waals surface area contributed by atoms with Gasteiger partial charge in [0.15, 0.2) is 11.4 Å². The van der Waals surface area contributed by atoms with Crippen LogP contribution in [-0.2, 0) is 0 Å². The normalized spacial score (nSPS) is 15.0. The van der Waals surface area contributed by atoms with E-state index in [-0.39, 0.29) is 45.3 Å². The second-order valence-electron chi connectivity index (χ2n) is 9.44. The van der Waals surface area contributed by atoms with Gasteiger partial charge in [-0.2, -0.15) is 0 Å². The summed E-state index contributed by atoms with van der Waals surface area (Å²) in [6.45, 7) is 4.74. The molecule has 12 heteroatoms. The molecule has 1 unspecified atom stereocenters. The molecule has 1 aliphatic heterocycles. The number of amides is 1. The number of nitrogens with two attached hydrogens (primary N) is 1. The van der Waals surface area contributed by atoms with Gasteiger partial charge < -0.3 is 24.9 Å². The topological polar surface area (TPSA) is 105 Å². The highest BCUT2D eigenvalue weighted by Gasteiger charge is 2.26. The second kappa shape index (κ2) is 11.6. The predicted octanol–water partition coefficient (Wildman–Crippen LogP) is 5.55. The summed E-state index contributed by atoms with van der Waals surface area (Å²) in [6, 6.07) is 7.77. The van der Waals surface area contributed by atoms with Crippen molar-refractivity contribution in [3.8, 4) is 16.9 Å². The number of rotatable bonds is 7. The fourth-order valence-electron chi connectivity index (χ4n) is 4.82. The first-order valence-corrected chi connectivity index (χ1v) is 13.3. The van der Waals surface area contributed by atoms with Crippen molar-refractivity contribution in [2.24, 2.45) is 0 Å².